The van der Waals surface area contributed by atoms with Gasteiger partial charge in [0, 0.05) is 12.1 Å². The number of esters is 3. The van der Waals surface area contributed by atoms with Crippen LogP contribution in [0.15, 0.2) is 0 Å². The largest absolute Gasteiger partial charge is 0.459 e. The molecule has 1 fully saturated rings. The zero-order valence-electron chi connectivity index (χ0n) is 21.5. The van der Waals surface area contributed by atoms with Crippen LogP contribution in [0.25, 0.3) is 0 Å². The second-order valence-electron chi connectivity index (χ2n) is 11.5. The van der Waals surface area contributed by atoms with E-state index in [1.165, 1.54) is 0 Å². The van der Waals surface area contributed by atoms with Crippen LogP contribution in [-0.4, -0.2) is 71.3 Å². The molecule has 0 spiro atoms. The maximum Gasteiger partial charge on any atom is 0.320 e. The molecule has 186 valence electrons. The Kier molecular flexibility index (Phi) is 10.2. The Balaban J connectivity index is 2.94. The highest BCUT2D eigenvalue weighted by atomic mass is 16.6. The van der Waals surface area contributed by atoms with Gasteiger partial charge in [0.2, 0.25) is 0 Å². The van der Waals surface area contributed by atoms with E-state index in [0.29, 0.717) is 0 Å². The van der Waals surface area contributed by atoms with E-state index in [4.69, 9.17) is 14.2 Å². The highest BCUT2D eigenvalue weighted by Gasteiger charge is 2.34. The van der Waals surface area contributed by atoms with Crippen molar-refractivity contribution in [2.75, 3.05) is 19.6 Å². The third kappa shape index (κ3) is 12.4. The van der Waals surface area contributed by atoms with Gasteiger partial charge in [0.05, 0.1) is 19.6 Å². The summed E-state index contributed by atoms with van der Waals surface area (Å²) in [6.07, 6.45) is 3.63. The highest BCUT2D eigenvalue weighted by Crippen LogP contribution is 2.24. The molecule has 8 heteroatoms. The topological polar surface area (TPSA) is 94.2 Å². The van der Waals surface area contributed by atoms with E-state index >= 15 is 0 Å². The summed E-state index contributed by atoms with van der Waals surface area (Å²) in [5.41, 5.74) is -1.78. The first-order valence-electron chi connectivity index (χ1n) is 11.6. The minimum absolute atomic E-state index is 0.0220. The summed E-state index contributed by atoms with van der Waals surface area (Å²) in [6.45, 7) is 16.4. The van der Waals surface area contributed by atoms with Crippen molar-refractivity contribution in [3.8, 4) is 0 Å². The summed E-state index contributed by atoms with van der Waals surface area (Å²) in [6, 6.07) is -0.160. The van der Waals surface area contributed by atoms with E-state index in [9.17, 15) is 14.4 Å². The first-order valence-corrected chi connectivity index (χ1v) is 11.6. The van der Waals surface area contributed by atoms with Gasteiger partial charge in [0.25, 0.3) is 0 Å². The van der Waals surface area contributed by atoms with Crippen LogP contribution in [-0.2, 0) is 28.6 Å². The molecule has 0 aromatic rings. The van der Waals surface area contributed by atoms with Crippen molar-refractivity contribution in [3.63, 3.8) is 0 Å². The van der Waals surface area contributed by atoms with E-state index < -0.39 is 28.7 Å². The fourth-order valence-electron chi connectivity index (χ4n) is 3.75. The first-order chi connectivity index (χ1) is 14.5. The van der Waals surface area contributed by atoms with Crippen LogP contribution in [0.2, 0.25) is 0 Å². The van der Waals surface area contributed by atoms with Crippen molar-refractivity contribution < 1.29 is 28.6 Å². The minimum atomic E-state index is -0.615. The Morgan fingerprint density at radius 3 is 1.56 bits per heavy atom. The molecule has 1 N–H and O–H groups in total. The number of rotatable bonds is 8. The lowest BCUT2D eigenvalue weighted by atomic mass is 9.89. The molecule has 0 amide bonds. The smallest absolute Gasteiger partial charge is 0.320 e. The van der Waals surface area contributed by atoms with Crippen LogP contribution in [0.5, 0.6) is 0 Å². The van der Waals surface area contributed by atoms with Crippen molar-refractivity contribution in [1.82, 2.24) is 10.2 Å². The van der Waals surface area contributed by atoms with Crippen LogP contribution in [0, 0.1) is 0 Å². The van der Waals surface area contributed by atoms with Crippen molar-refractivity contribution in [2.24, 2.45) is 0 Å². The fraction of sp³-hybridized carbons (Fsp3) is 0.875. The van der Waals surface area contributed by atoms with E-state index in [1.807, 2.05) is 67.2 Å². The quantitative estimate of drug-likeness (QED) is 0.440. The Morgan fingerprint density at radius 1 is 0.719 bits per heavy atom. The Bertz CT molecular complexity index is 612. The van der Waals surface area contributed by atoms with Crippen LogP contribution < -0.4 is 5.32 Å². The van der Waals surface area contributed by atoms with Crippen LogP contribution in [0.3, 0.4) is 0 Å². The third-order valence-electron chi connectivity index (χ3n) is 4.63. The number of hydrogen-bond donors (Lipinski definition) is 1. The molecule has 1 aliphatic carbocycles. The van der Waals surface area contributed by atoms with Gasteiger partial charge in [0.1, 0.15) is 16.8 Å². The molecule has 0 heterocycles. The van der Waals surface area contributed by atoms with E-state index in [1.54, 1.807) is 0 Å². The lowest BCUT2D eigenvalue weighted by Gasteiger charge is -2.40. The lowest BCUT2D eigenvalue weighted by molar-refractivity contribution is -0.162. The van der Waals surface area contributed by atoms with Gasteiger partial charge in [-0.15, -0.1) is 0 Å². The normalized spacial score (nSPS) is 20.1. The molecule has 1 saturated carbocycles. The predicted molar refractivity (Wildman–Crippen MR) is 123 cm³/mol. The number of nitrogens with one attached hydrogen (secondary N) is 1. The molecule has 0 radical (unpaired) electrons. The Morgan fingerprint density at radius 2 is 1.12 bits per heavy atom. The monoisotopic (exact) mass is 456 g/mol. The van der Waals surface area contributed by atoms with Gasteiger partial charge in [-0.2, -0.15) is 0 Å². The average molecular weight is 457 g/mol. The van der Waals surface area contributed by atoms with Crippen molar-refractivity contribution >= 4 is 17.9 Å². The molecule has 0 aromatic carbocycles. The zero-order chi connectivity index (χ0) is 24.7. The Hall–Kier alpha value is -1.67. The SMILES string of the molecule is CC(C)(C)OC(=O)CN[C@H]1CCCC[C@@H]1N(CC(=O)OC(C)(C)C)CC(=O)OC(C)(C)C. The molecule has 32 heavy (non-hydrogen) atoms. The molecular formula is C24H44N2O6. The number of hydrogen-bond acceptors (Lipinski definition) is 8. The summed E-state index contributed by atoms with van der Waals surface area (Å²) in [5, 5.41) is 3.30. The molecule has 0 unspecified atom stereocenters. The maximum atomic E-state index is 12.6. The van der Waals surface area contributed by atoms with Crippen molar-refractivity contribution in [1.29, 1.82) is 0 Å². The van der Waals surface area contributed by atoms with Crippen molar-refractivity contribution in [3.05, 3.63) is 0 Å². The number of ether oxygens (including phenoxy) is 3. The zero-order valence-corrected chi connectivity index (χ0v) is 21.5. The standard InChI is InChI=1S/C24H44N2O6/c1-22(2,3)30-19(27)14-25-17-12-10-11-13-18(17)26(15-20(28)31-23(4,5)6)16-21(29)32-24(7,8)9/h17-18,25H,10-16H2,1-9H3/t17-,18-/m0/s1. The van der Waals surface area contributed by atoms with Gasteiger partial charge < -0.3 is 19.5 Å². The second kappa shape index (κ2) is 11.5. The summed E-state index contributed by atoms with van der Waals surface area (Å²) in [5.74, 6) is -1.11. The molecule has 2 atom stereocenters. The summed E-state index contributed by atoms with van der Waals surface area (Å²) < 4.78 is 16.4. The molecule has 1 aliphatic rings. The second-order valence-corrected chi connectivity index (χ2v) is 11.5. The first kappa shape index (κ1) is 28.4. The molecule has 8 nitrogen and oxygen atoms in total. The Labute approximate surface area is 193 Å². The van der Waals surface area contributed by atoms with E-state index in [2.05, 4.69) is 5.32 Å². The van der Waals surface area contributed by atoms with Crippen LogP contribution >= 0.6 is 0 Å². The number of carbonyl (C=O) groups excluding carboxylic acids is 3. The molecule has 1 rings (SSSR count). The molecule has 0 bridgehead atoms. The van der Waals surface area contributed by atoms with Gasteiger partial charge in [-0.1, -0.05) is 12.8 Å². The average Bonchev–Trinajstić information content (AvgIpc) is 2.54. The van der Waals surface area contributed by atoms with Crippen LogP contribution in [0.4, 0.5) is 0 Å². The summed E-state index contributed by atoms with van der Waals surface area (Å²) in [7, 11) is 0. The number of nitrogens with zero attached hydrogens (tertiary/aromatic N) is 1. The van der Waals surface area contributed by atoms with Gasteiger partial charge in [0.15, 0.2) is 0 Å². The lowest BCUT2D eigenvalue weighted by Crippen LogP contribution is -2.56. The predicted octanol–water partition coefficient (Wildman–Crippen LogP) is 3.21. The summed E-state index contributed by atoms with van der Waals surface area (Å²) >= 11 is 0. The van der Waals surface area contributed by atoms with Gasteiger partial charge in [-0.05, 0) is 75.2 Å². The third-order valence-corrected chi connectivity index (χ3v) is 4.63. The maximum absolute atomic E-state index is 12.6. The van der Waals surface area contributed by atoms with E-state index in [-0.39, 0.29) is 37.7 Å². The fourth-order valence-corrected chi connectivity index (χ4v) is 3.75. The minimum Gasteiger partial charge on any atom is -0.459 e. The summed E-state index contributed by atoms with van der Waals surface area (Å²) in [4.78, 5) is 39.2. The molecule has 0 saturated heterocycles. The van der Waals surface area contributed by atoms with Gasteiger partial charge in [-0.25, -0.2) is 0 Å². The van der Waals surface area contributed by atoms with Gasteiger partial charge in [-0.3, -0.25) is 19.3 Å². The van der Waals surface area contributed by atoms with Crippen molar-refractivity contribution in [2.45, 2.75) is 117 Å². The molecule has 0 aliphatic heterocycles. The number of carbonyl (C=O) groups is 3. The molecular weight excluding hydrogens is 412 g/mol. The van der Waals surface area contributed by atoms with E-state index in [0.717, 1.165) is 25.7 Å². The van der Waals surface area contributed by atoms with Crippen LogP contribution in [0.1, 0.15) is 88.0 Å². The highest BCUT2D eigenvalue weighted by molar-refractivity contribution is 5.75. The van der Waals surface area contributed by atoms with Gasteiger partial charge >= 0.3 is 17.9 Å². The molecule has 0 aromatic heterocycles.